The van der Waals surface area contributed by atoms with Gasteiger partial charge in [0.15, 0.2) is 0 Å². The summed E-state index contributed by atoms with van der Waals surface area (Å²) in [5.41, 5.74) is 2.20. The number of rotatable bonds is 8. The van der Waals surface area contributed by atoms with Crippen molar-refractivity contribution in [2.45, 2.75) is 52.2 Å². The maximum atomic E-state index is 12.3. The third-order valence-corrected chi connectivity index (χ3v) is 4.38. The molecule has 0 spiro atoms. The van der Waals surface area contributed by atoms with E-state index in [-0.39, 0.29) is 18.3 Å². The molecular formula is C24H31NO5. The number of alkyl carbamates (subject to hydrolysis) is 1. The number of benzene rings is 2. The van der Waals surface area contributed by atoms with Crippen LogP contribution < -0.4 is 10.1 Å². The Hall–Kier alpha value is -3.02. The Morgan fingerprint density at radius 1 is 1.07 bits per heavy atom. The molecule has 1 amide bonds. The van der Waals surface area contributed by atoms with Gasteiger partial charge in [0.05, 0.1) is 20.1 Å². The van der Waals surface area contributed by atoms with E-state index in [2.05, 4.69) is 5.32 Å². The number of ether oxygens (including phenoxy) is 3. The smallest absolute Gasteiger partial charge is 0.407 e. The molecule has 2 rings (SSSR count). The third kappa shape index (κ3) is 7.10. The number of hydrogen-bond acceptors (Lipinski definition) is 5. The van der Waals surface area contributed by atoms with Crippen LogP contribution in [0.3, 0.4) is 0 Å². The Bertz CT molecular complexity index is 857. The Labute approximate surface area is 178 Å². The lowest BCUT2D eigenvalue weighted by atomic mass is 9.87. The van der Waals surface area contributed by atoms with Crippen molar-refractivity contribution >= 4 is 12.1 Å². The highest BCUT2D eigenvalue weighted by atomic mass is 16.6. The third-order valence-electron chi connectivity index (χ3n) is 4.38. The van der Waals surface area contributed by atoms with Gasteiger partial charge in [-0.15, -0.1) is 0 Å². The van der Waals surface area contributed by atoms with E-state index in [1.165, 1.54) is 0 Å². The lowest BCUT2D eigenvalue weighted by molar-refractivity contribution is -0.143. The molecule has 0 aliphatic heterocycles. The SMILES string of the molecule is CCOC(=O)CC(c1cccc(CNC(=O)OC(C)(C)C)c1)c1ccccc1OC. The molecule has 0 saturated carbocycles. The standard InChI is InChI=1S/C24H31NO5/c1-6-29-22(26)15-20(19-12-7-8-13-21(19)28-5)18-11-9-10-17(14-18)16-25-23(27)30-24(2,3)4/h7-14,20H,6,15-16H2,1-5H3,(H,25,27). The fourth-order valence-electron chi connectivity index (χ4n) is 3.16. The number of amides is 1. The van der Waals surface area contributed by atoms with E-state index in [1.807, 2.05) is 69.3 Å². The fourth-order valence-corrected chi connectivity index (χ4v) is 3.16. The molecule has 6 heteroatoms. The van der Waals surface area contributed by atoms with Crippen LogP contribution in [-0.2, 0) is 20.8 Å². The second-order valence-corrected chi connectivity index (χ2v) is 7.90. The van der Waals surface area contributed by atoms with E-state index in [1.54, 1.807) is 14.0 Å². The number of carbonyl (C=O) groups is 2. The quantitative estimate of drug-likeness (QED) is 0.629. The minimum absolute atomic E-state index is 0.192. The number of hydrogen-bond donors (Lipinski definition) is 1. The Morgan fingerprint density at radius 2 is 1.80 bits per heavy atom. The van der Waals surface area contributed by atoms with Gasteiger partial charge < -0.3 is 19.5 Å². The van der Waals surface area contributed by atoms with E-state index in [0.29, 0.717) is 18.9 Å². The summed E-state index contributed by atoms with van der Waals surface area (Å²) < 4.78 is 16.0. The average molecular weight is 414 g/mol. The van der Waals surface area contributed by atoms with Crippen molar-refractivity contribution in [1.29, 1.82) is 0 Å². The summed E-state index contributed by atoms with van der Waals surface area (Å²) in [4.78, 5) is 24.3. The maximum absolute atomic E-state index is 12.3. The predicted octanol–water partition coefficient (Wildman–Crippen LogP) is 4.81. The second kappa shape index (κ2) is 10.7. The molecule has 2 aromatic carbocycles. The van der Waals surface area contributed by atoms with Crippen molar-refractivity contribution in [3.05, 3.63) is 65.2 Å². The minimum atomic E-state index is -0.555. The summed E-state index contributed by atoms with van der Waals surface area (Å²) in [6, 6.07) is 15.4. The van der Waals surface area contributed by atoms with Crippen LogP contribution in [0.15, 0.2) is 48.5 Å². The van der Waals surface area contributed by atoms with E-state index in [4.69, 9.17) is 14.2 Å². The molecule has 2 aromatic rings. The normalized spacial score (nSPS) is 12.0. The maximum Gasteiger partial charge on any atom is 0.407 e. The minimum Gasteiger partial charge on any atom is -0.496 e. The monoisotopic (exact) mass is 413 g/mol. The summed E-state index contributed by atoms with van der Waals surface area (Å²) >= 11 is 0. The summed E-state index contributed by atoms with van der Waals surface area (Å²) in [6.45, 7) is 7.90. The summed E-state index contributed by atoms with van der Waals surface area (Å²) in [5, 5.41) is 2.77. The molecule has 30 heavy (non-hydrogen) atoms. The zero-order valence-electron chi connectivity index (χ0n) is 18.4. The molecule has 0 saturated heterocycles. The van der Waals surface area contributed by atoms with Crippen LogP contribution in [0.25, 0.3) is 0 Å². The lowest BCUT2D eigenvalue weighted by Crippen LogP contribution is -2.32. The van der Waals surface area contributed by atoms with Gasteiger partial charge in [-0.2, -0.15) is 0 Å². The largest absolute Gasteiger partial charge is 0.496 e. The Kier molecular flexibility index (Phi) is 8.27. The molecule has 0 bridgehead atoms. The van der Waals surface area contributed by atoms with E-state index in [0.717, 1.165) is 16.7 Å². The zero-order valence-corrected chi connectivity index (χ0v) is 18.4. The molecule has 0 heterocycles. The molecule has 0 aromatic heterocycles. The number of methoxy groups -OCH3 is 1. The van der Waals surface area contributed by atoms with Crippen molar-refractivity contribution in [2.24, 2.45) is 0 Å². The van der Waals surface area contributed by atoms with Gasteiger partial charge in [-0.3, -0.25) is 4.79 Å². The number of esters is 1. The second-order valence-electron chi connectivity index (χ2n) is 7.90. The number of para-hydroxylation sites is 1. The Morgan fingerprint density at radius 3 is 2.47 bits per heavy atom. The van der Waals surface area contributed by atoms with E-state index in [9.17, 15) is 9.59 Å². The molecule has 0 radical (unpaired) electrons. The molecular weight excluding hydrogens is 382 g/mol. The van der Waals surface area contributed by atoms with Gasteiger partial charge in [-0.05, 0) is 44.9 Å². The van der Waals surface area contributed by atoms with Crippen LogP contribution in [0.5, 0.6) is 5.75 Å². The van der Waals surface area contributed by atoms with Crippen LogP contribution in [-0.4, -0.2) is 31.4 Å². The van der Waals surface area contributed by atoms with Crippen LogP contribution in [0.2, 0.25) is 0 Å². The first-order valence-electron chi connectivity index (χ1n) is 10.1. The summed E-state index contributed by atoms with van der Waals surface area (Å²) in [7, 11) is 1.61. The summed E-state index contributed by atoms with van der Waals surface area (Å²) in [5.74, 6) is 0.205. The van der Waals surface area contributed by atoms with E-state index < -0.39 is 11.7 Å². The predicted molar refractivity (Wildman–Crippen MR) is 116 cm³/mol. The highest BCUT2D eigenvalue weighted by Crippen LogP contribution is 2.35. The van der Waals surface area contributed by atoms with Gasteiger partial charge in [-0.1, -0.05) is 42.5 Å². The highest BCUT2D eigenvalue weighted by Gasteiger charge is 2.23. The van der Waals surface area contributed by atoms with Crippen LogP contribution in [0, 0.1) is 0 Å². The fraction of sp³-hybridized carbons (Fsp3) is 0.417. The first-order valence-corrected chi connectivity index (χ1v) is 10.1. The van der Waals surface area contributed by atoms with Gasteiger partial charge in [0, 0.05) is 18.0 Å². The molecule has 162 valence electrons. The molecule has 1 atom stereocenters. The molecule has 1 unspecified atom stereocenters. The molecule has 1 N–H and O–H groups in total. The van der Waals surface area contributed by atoms with Crippen LogP contribution >= 0.6 is 0 Å². The van der Waals surface area contributed by atoms with Crippen molar-refractivity contribution < 1.29 is 23.8 Å². The van der Waals surface area contributed by atoms with E-state index >= 15 is 0 Å². The van der Waals surface area contributed by atoms with Crippen molar-refractivity contribution in [1.82, 2.24) is 5.32 Å². The first-order chi connectivity index (χ1) is 14.2. The van der Waals surface area contributed by atoms with Gasteiger partial charge >= 0.3 is 12.1 Å². The van der Waals surface area contributed by atoms with Gasteiger partial charge in [0.2, 0.25) is 0 Å². The zero-order chi connectivity index (χ0) is 22.1. The van der Waals surface area contributed by atoms with Gasteiger partial charge in [0.1, 0.15) is 11.4 Å². The molecule has 6 nitrogen and oxygen atoms in total. The van der Waals surface area contributed by atoms with Gasteiger partial charge in [0.25, 0.3) is 0 Å². The molecule has 0 fully saturated rings. The lowest BCUT2D eigenvalue weighted by Gasteiger charge is -2.21. The number of carbonyl (C=O) groups excluding carboxylic acids is 2. The highest BCUT2D eigenvalue weighted by molar-refractivity contribution is 5.72. The van der Waals surface area contributed by atoms with Crippen molar-refractivity contribution in [2.75, 3.05) is 13.7 Å². The molecule has 0 aliphatic rings. The van der Waals surface area contributed by atoms with Crippen molar-refractivity contribution in [3.8, 4) is 5.75 Å². The van der Waals surface area contributed by atoms with Gasteiger partial charge in [-0.25, -0.2) is 4.79 Å². The number of nitrogens with one attached hydrogen (secondary N) is 1. The van der Waals surface area contributed by atoms with Crippen LogP contribution in [0.4, 0.5) is 4.79 Å². The topological polar surface area (TPSA) is 73.9 Å². The van der Waals surface area contributed by atoms with Crippen LogP contribution in [0.1, 0.15) is 56.7 Å². The first kappa shape index (κ1) is 23.3. The Balaban J connectivity index is 2.27. The van der Waals surface area contributed by atoms with Crippen molar-refractivity contribution in [3.63, 3.8) is 0 Å². The molecule has 0 aliphatic carbocycles. The average Bonchev–Trinajstić information content (AvgIpc) is 2.70. The summed E-state index contributed by atoms with van der Waals surface area (Å²) in [6.07, 6.45) is -0.280.